The van der Waals surface area contributed by atoms with E-state index in [4.69, 9.17) is 14.3 Å². The Morgan fingerprint density at radius 1 is 1.55 bits per heavy atom. The van der Waals surface area contributed by atoms with Gasteiger partial charge in [0.2, 0.25) is 0 Å². The fourth-order valence-corrected chi connectivity index (χ4v) is 3.97. The average Bonchev–Trinajstić information content (AvgIpc) is 2.60. The number of methoxy groups -OCH3 is 1. The molecule has 0 amide bonds. The number of allylic oxidation sites excluding steroid dienone is 1. The molecule has 2 aliphatic rings. The zero-order valence-corrected chi connectivity index (χ0v) is 8.69. The van der Waals surface area contributed by atoms with Crippen LogP contribution in [-0.4, -0.2) is 13.2 Å². The Morgan fingerprint density at radius 2 is 2.36 bits per heavy atom. The maximum absolute atomic E-state index is 5.86. The molecule has 0 saturated heterocycles. The summed E-state index contributed by atoms with van der Waals surface area (Å²) in [6.45, 7) is 0. The second kappa shape index (κ2) is 3.18. The van der Waals surface area contributed by atoms with Crippen molar-refractivity contribution in [2.75, 3.05) is 7.11 Å². The van der Waals surface area contributed by atoms with Gasteiger partial charge < -0.3 is 0 Å². The molecule has 11 heavy (non-hydrogen) atoms. The first kappa shape index (κ1) is 8.26. The minimum atomic E-state index is 0.310. The quantitative estimate of drug-likeness (QED) is 0.696. The van der Waals surface area contributed by atoms with E-state index in [1.165, 1.54) is 28.9 Å². The van der Waals surface area contributed by atoms with Gasteiger partial charge in [-0.15, -0.1) is 0 Å². The molecular formula is C8H11ClOPd. The number of halogens is 1. The first-order valence-corrected chi connectivity index (χ1v) is 6.58. The monoisotopic (exact) mass is 264 g/mol. The summed E-state index contributed by atoms with van der Waals surface area (Å²) in [6.07, 6.45) is 4.17. The topological polar surface area (TPSA) is 9.23 Å². The summed E-state index contributed by atoms with van der Waals surface area (Å²) in [4.78, 5) is 0. The van der Waals surface area contributed by atoms with Gasteiger partial charge in [0.05, 0.1) is 0 Å². The molecule has 2 atom stereocenters. The van der Waals surface area contributed by atoms with E-state index in [1.54, 1.807) is 7.11 Å². The molecule has 2 unspecified atom stereocenters. The van der Waals surface area contributed by atoms with Crippen molar-refractivity contribution in [3.63, 3.8) is 0 Å². The standard InChI is InChI=1S/C8H11O.ClH.Pd/c1-9-8-5-6-2-3-7(8)4-6;;/h6,8H,2,4-5H2,1H3;1H;/q;;+1/p-1. The SMILES string of the molecule is COC1CC2C[C]([Pd][Cl])=C1C2. The molecule has 2 rings (SSSR count). The molecule has 66 valence electrons. The molecule has 0 aromatic rings. The Kier molecular flexibility index (Phi) is 2.39. The minimum absolute atomic E-state index is 0.310. The van der Waals surface area contributed by atoms with Crippen LogP contribution in [0, 0.1) is 5.92 Å². The van der Waals surface area contributed by atoms with Crippen LogP contribution in [0.25, 0.3) is 0 Å². The van der Waals surface area contributed by atoms with Gasteiger partial charge in [0.1, 0.15) is 0 Å². The van der Waals surface area contributed by atoms with Gasteiger partial charge in [0, 0.05) is 0 Å². The van der Waals surface area contributed by atoms with E-state index in [0.29, 0.717) is 23.1 Å². The van der Waals surface area contributed by atoms with Gasteiger partial charge >= 0.3 is 79.2 Å². The third kappa shape index (κ3) is 1.31. The van der Waals surface area contributed by atoms with E-state index < -0.39 is 0 Å². The van der Waals surface area contributed by atoms with E-state index in [-0.39, 0.29) is 0 Å². The molecule has 0 heterocycles. The molecule has 1 fully saturated rings. The zero-order chi connectivity index (χ0) is 7.84. The summed E-state index contributed by atoms with van der Waals surface area (Å²) in [5, 5.41) is 0. The van der Waals surface area contributed by atoms with Crippen molar-refractivity contribution in [3.05, 3.63) is 9.62 Å². The molecule has 0 N–H and O–H groups in total. The van der Waals surface area contributed by atoms with Crippen LogP contribution < -0.4 is 0 Å². The van der Waals surface area contributed by atoms with Crippen LogP contribution in [-0.2, 0) is 21.7 Å². The summed E-state index contributed by atoms with van der Waals surface area (Å²) in [5.74, 6) is 0.863. The number of rotatable bonds is 2. The fraction of sp³-hybridized carbons (Fsp3) is 0.750. The summed E-state index contributed by atoms with van der Waals surface area (Å²) in [6, 6.07) is 0. The van der Waals surface area contributed by atoms with Crippen molar-refractivity contribution in [1.82, 2.24) is 0 Å². The van der Waals surface area contributed by atoms with Crippen LogP contribution >= 0.6 is 9.53 Å². The molecule has 3 heteroatoms. The molecule has 2 aliphatic carbocycles. The van der Waals surface area contributed by atoms with Gasteiger partial charge in [-0.3, -0.25) is 0 Å². The van der Waals surface area contributed by atoms with E-state index in [9.17, 15) is 0 Å². The zero-order valence-electron chi connectivity index (χ0n) is 6.38. The molecule has 0 aliphatic heterocycles. The molecule has 0 aromatic heterocycles. The van der Waals surface area contributed by atoms with Crippen LogP contribution in [0.3, 0.4) is 0 Å². The first-order valence-electron chi connectivity index (χ1n) is 3.80. The number of ether oxygens (including phenoxy) is 1. The predicted molar refractivity (Wildman–Crippen MR) is 41.0 cm³/mol. The summed E-state index contributed by atoms with van der Waals surface area (Å²) >= 11 is 0.310. The van der Waals surface area contributed by atoms with Crippen molar-refractivity contribution in [2.24, 2.45) is 5.92 Å². The molecule has 0 spiro atoms. The van der Waals surface area contributed by atoms with E-state index in [2.05, 4.69) is 0 Å². The third-order valence-electron chi connectivity index (χ3n) is 2.59. The van der Waals surface area contributed by atoms with Crippen LogP contribution in [0.4, 0.5) is 0 Å². The molecule has 0 aromatic carbocycles. The van der Waals surface area contributed by atoms with Crippen LogP contribution in [0.5, 0.6) is 0 Å². The Morgan fingerprint density at radius 3 is 2.91 bits per heavy atom. The van der Waals surface area contributed by atoms with Crippen LogP contribution in [0.15, 0.2) is 9.62 Å². The molecule has 1 saturated carbocycles. The van der Waals surface area contributed by atoms with Crippen molar-refractivity contribution in [1.29, 1.82) is 0 Å². The second-order valence-electron chi connectivity index (χ2n) is 3.19. The second-order valence-corrected chi connectivity index (χ2v) is 5.13. The van der Waals surface area contributed by atoms with Crippen LogP contribution in [0.1, 0.15) is 19.3 Å². The molecule has 0 radical (unpaired) electrons. The van der Waals surface area contributed by atoms with Gasteiger partial charge in [-0.05, 0) is 0 Å². The van der Waals surface area contributed by atoms with Gasteiger partial charge in [0.25, 0.3) is 0 Å². The molecular weight excluding hydrogens is 254 g/mol. The van der Waals surface area contributed by atoms with Crippen molar-refractivity contribution < 1.29 is 21.7 Å². The molecule has 2 bridgehead atoms. The predicted octanol–water partition coefficient (Wildman–Crippen LogP) is 2.31. The number of hydrogen-bond acceptors (Lipinski definition) is 1. The third-order valence-corrected chi connectivity index (χ3v) is 4.61. The molecule has 1 nitrogen and oxygen atoms in total. The van der Waals surface area contributed by atoms with Crippen molar-refractivity contribution in [3.8, 4) is 0 Å². The van der Waals surface area contributed by atoms with Gasteiger partial charge in [0.15, 0.2) is 0 Å². The Labute approximate surface area is 79.3 Å². The maximum atomic E-state index is 5.86. The van der Waals surface area contributed by atoms with E-state index in [0.717, 1.165) is 5.92 Å². The average molecular weight is 265 g/mol. The summed E-state index contributed by atoms with van der Waals surface area (Å²) in [7, 11) is 7.66. The van der Waals surface area contributed by atoms with Crippen molar-refractivity contribution >= 4 is 9.53 Å². The van der Waals surface area contributed by atoms with Crippen molar-refractivity contribution in [2.45, 2.75) is 25.4 Å². The van der Waals surface area contributed by atoms with Gasteiger partial charge in [-0.25, -0.2) is 0 Å². The van der Waals surface area contributed by atoms with Gasteiger partial charge in [-0.2, -0.15) is 0 Å². The Balaban J connectivity index is 2.20. The number of hydrogen-bond donors (Lipinski definition) is 0. The number of fused-ring (bicyclic) bond motifs is 2. The first-order chi connectivity index (χ1) is 5.35. The fourth-order valence-electron chi connectivity index (χ4n) is 2.06. The van der Waals surface area contributed by atoms with E-state index >= 15 is 0 Å². The normalized spacial score (nSPS) is 35.8. The Hall–Kier alpha value is 0.652. The van der Waals surface area contributed by atoms with Crippen LogP contribution in [0.2, 0.25) is 0 Å². The van der Waals surface area contributed by atoms with E-state index in [1.807, 2.05) is 0 Å². The Bertz CT molecular complexity index is 202. The summed E-state index contributed by atoms with van der Waals surface area (Å²) in [5.41, 5.74) is 1.53. The summed E-state index contributed by atoms with van der Waals surface area (Å²) < 4.78 is 6.87. The van der Waals surface area contributed by atoms with Gasteiger partial charge in [-0.1, -0.05) is 0 Å².